The second-order valence-corrected chi connectivity index (χ2v) is 6.63. The number of nitrogens with one attached hydrogen (secondary N) is 1. The number of hydrogen-bond acceptors (Lipinski definition) is 6. The van der Waals surface area contributed by atoms with E-state index in [-0.39, 0.29) is 29.0 Å². The summed E-state index contributed by atoms with van der Waals surface area (Å²) in [5, 5.41) is 2.57. The van der Waals surface area contributed by atoms with Crippen LogP contribution in [-0.4, -0.2) is 66.1 Å². The smallest absolute Gasteiger partial charge is 0.322 e. The zero-order valence-corrected chi connectivity index (χ0v) is 14.8. The van der Waals surface area contributed by atoms with Crippen LogP contribution in [0, 0.1) is 0 Å². The summed E-state index contributed by atoms with van der Waals surface area (Å²) in [4.78, 5) is 39.0. The van der Waals surface area contributed by atoms with Gasteiger partial charge in [0.15, 0.2) is 0 Å². The SMILES string of the molecule is COc1ccc(NC(=O)N2CCC(N3C(=O)CSC3=O)C2)c(OC)c1. The van der Waals surface area contributed by atoms with Gasteiger partial charge < -0.3 is 19.7 Å². The molecule has 1 unspecified atom stereocenters. The van der Waals surface area contributed by atoms with Crippen LogP contribution in [-0.2, 0) is 4.79 Å². The first kappa shape index (κ1) is 17.4. The van der Waals surface area contributed by atoms with Crippen LogP contribution < -0.4 is 14.8 Å². The van der Waals surface area contributed by atoms with E-state index in [4.69, 9.17) is 9.47 Å². The standard InChI is InChI=1S/C16H19N3O5S/c1-23-11-3-4-12(13(7-11)24-2)17-15(21)18-6-5-10(8-18)19-14(20)9-25-16(19)22/h3-4,7,10H,5-6,8-9H2,1-2H3,(H,17,21). The molecule has 2 fully saturated rings. The molecular formula is C16H19N3O5S. The highest BCUT2D eigenvalue weighted by atomic mass is 32.2. The van der Waals surface area contributed by atoms with Gasteiger partial charge in [-0.1, -0.05) is 11.8 Å². The second-order valence-electron chi connectivity index (χ2n) is 5.70. The third-order valence-electron chi connectivity index (χ3n) is 4.25. The molecule has 3 rings (SSSR count). The van der Waals surface area contributed by atoms with Gasteiger partial charge in [-0.3, -0.25) is 14.5 Å². The van der Waals surface area contributed by atoms with Gasteiger partial charge in [0.25, 0.3) is 5.24 Å². The van der Waals surface area contributed by atoms with Gasteiger partial charge in [0.1, 0.15) is 11.5 Å². The predicted octanol–water partition coefficient (Wildman–Crippen LogP) is 2.01. The van der Waals surface area contributed by atoms with Crippen LogP contribution in [0.3, 0.4) is 0 Å². The number of nitrogens with zero attached hydrogens (tertiary/aromatic N) is 2. The molecule has 0 aromatic heterocycles. The van der Waals surface area contributed by atoms with Crippen molar-refractivity contribution >= 4 is 34.6 Å². The van der Waals surface area contributed by atoms with Crippen LogP contribution in [0.4, 0.5) is 15.3 Å². The molecule has 8 nitrogen and oxygen atoms in total. The monoisotopic (exact) mass is 365 g/mol. The third kappa shape index (κ3) is 3.51. The molecular weight excluding hydrogens is 346 g/mol. The lowest BCUT2D eigenvalue weighted by Gasteiger charge is -2.22. The molecule has 1 atom stereocenters. The summed E-state index contributed by atoms with van der Waals surface area (Å²) in [5.41, 5.74) is 0.528. The molecule has 2 heterocycles. The molecule has 4 amide bonds. The summed E-state index contributed by atoms with van der Waals surface area (Å²) in [6.45, 7) is 0.818. The van der Waals surface area contributed by atoms with Crippen molar-refractivity contribution in [3.63, 3.8) is 0 Å². The number of likely N-dealkylation sites (tertiary alicyclic amines) is 1. The van der Waals surface area contributed by atoms with Crippen molar-refractivity contribution in [2.24, 2.45) is 0 Å². The molecule has 2 saturated heterocycles. The van der Waals surface area contributed by atoms with E-state index in [1.165, 1.54) is 12.0 Å². The Kier molecular flexibility index (Phi) is 5.03. The van der Waals surface area contributed by atoms with E-state index in [9.17, 15) is 14.4 Å². The average Bonchev–Trinajstić information content (AvgIpc) is 3.21. The Morgan fingerprint density at radius 3 is 2.72 bits per heavy atom. The minimum absolute atomic E-state index is 0.181. The summed E-state index contributed by atoms with van der Waals surface area (Å²) in [6.07, 6.45) is 0.588. The van der Waals surface area contributed by atoms with Crippen molar-refractivity contribution in [3.8, 4) is 11.5 Å². The molecule has 2 aliphatic rings. The van der Waals surface area contributed by atoms with E-state index in [2.05, 4.69) is 5.32 Å². The molecule has 2 aliphatic heterocycles. The Balaban J connectivity index is 1.65. The number of anilines is 1. The van der Waals surface area contributed by atoms with Crippen molar-refractivity contribution < 1.29 is 23.9 Å². The second kappa shape index (κ2) is 7.22. The number of amides is 4. The summed E-state index contributed by atoms with van der Waals surface area (Å²) in [6, 6.07) is 4.56. The molecule has 0 saturated carbocycles. The zero-order chi connectivity index (χ0) is 18.0. The number of benzene rings is 1. The highest BCUT2D eigenvalue weighted by Gasteiger charge is 2.40. The minimum atomic E-state index is -0.294. The van der Waals surface area contributed by atoms with Gasteiger partial charge in [0.05, 0.1) is 31.7 Å². The van der Waals surface area contributed by atoms with Crippen LogP contribution in [0.25, 0.3) is 0 Å². The quantitative estimate of drug-likeness (QED) is 0.878. The molecule has 0 spiro atoms. The number of urea groups is 1. The number of imide groups is 1. The van der Waals surface area contributed by atoms with Gasteiger partial charge in [-0.05, 0) is 18.6 Å². The maximum atomic E-state index is 12.5. The lowest BCUT2D eigenvalue weighted by Crippen LogP contribution is -2.42. The number of thioether (sulfide) groups is 1. The number of rotatable bonds is 4. The fourth-order valence-corrected chi connectivity index (χ4v) is 3.73. The lowest BCUT2D eigenvalue weighted by molar-refractivity contribution is -0.126. The lowest BCUT2D eigenvalue weighted by atomic mass is 10.2. The van der Waals surface area contributed by atoms with E-state index in [1.54, 1.807) is 30.2 Å². The molecule has 25 heavy (non-hydrogen) atoms. The van der Waals surface area contributed by atoms with Gasteiger partial charge in [-0.25, -0.2) is 4.79 Å². The van der Waals surface area contributed by atoms with Crippen LogP contribution >= 0.6 is 11.8 Å². The summed E-state index contributed by atoms with van der Waals surface area (Å²) in [5.74, 6) is 1.12. The molecule has 1 aromatic carbocycles. The predicted molar refractivity (Wildman–Crippen MR) is 93.2 cm³/mol. The Morgan fingerprint density at radius 2 is 2.08 bits per heavy atom. The number of ether oxygens (including phenoxy) is 2. The van der Waals surface area contributed by atoms with E-state index in [1.807, 2.05) is 0 Å². The van der Waals surface area contributed by atoms with Crippen LogP contribution in [0.2, 0.25) is 0 Å². The van der Waals surface area contributed by atoms with Gasteiger partial charge >= 0.3 is 6.03 Å². The van der Waals surface area contributed by atoms with E-state index in [0.29, 0.717) is 36.7 Å². The normalized spacial score (nSPS) is 20.2. The Labute approximate surface area is 149 Å². The van der Waals surface area contributed by atoms with E-state index < -0.39 is 0 Å². The number of carbonyl (C=O) groups is 3. The van der Waals surface area contributed by atoms with Gasteiger partial charge in [-0.15, -0.1) is 0 Å². The van der Waals surface area contributed by atoms with Crippen molar-refractivity contribution in [3.05, 3.63) is 18.2 Å². The van der Waals surface area contributed by atoms with Crippen LogP contribution in [0.5, 0.6) is 11.5 Å². The van der Waals surface area contributed by atoms with E-state index >= 15 is 0 Å². The summed E-state index contributed by atoms with van der Waals surface area (Å²) in [7, 11) is 3.06. The molecule has 0 aliphatic carbocycles. The fourth-order valence-electron chi connectivity index (χ4n) is 2.95. The van der Waals surface area contributed by atoms with Crippen molar-refractivity contribution in [2.45, 2.75) is 12.5 Å². The summed E-state index contributed by atoms with van der Waals surface area (Å²) < 4.78 is 10.4. The van der Waals surface area contributed by atoms with Gasteiger partial charge in [0.2, 0.25) is 5.91 Å². The fraction of sp³-hybridized carbons (Fsp3) is 0.438. The topological polar surface area (TPSA) is 88.2 Å². The highest BCUT2D eigenvalue weighted by Crippen LogP contribution is 2.30. The van der Waals surface area contributed by atoms with Crippen LogP contribution in [0.15, 0.2) is 18.2 Å². The maximum Gasteiger partial charge on any atom is 0.322 e. The van der Waals surface area contributed by atoms with E-state index in [0.717, 1.165) is 11.8 Å². The minimum Gasteiger partial charge on any atom is -0.497 e. The molecule has 0 bridgehead atoms. The highest BCUT2D eigenvalue weighted by molar-refractivity contribution is 8.14. The number of carbonyl (C=O) groups excluding carboxylic acids is 3. The van der Waals surface area contributed by atoms with Crippen LogP contribution in [0.1, 0.15) is 6.42 Å². The first-order valence-electron chi connectivity index (χ1n) is 7.80. The Morgan fingerprint density at radius 1 is 1.28 bits per heavy atom. The zero-order valence-electron chi connectivity index (χ0n) is 14.0. The molecule has 0 radical (unpaired) electrons. The largest absolute Gasteiger partial charge is 0.497 e. The molecule has 1 aromatic rings. The van der Waals surface area contributed by atoms with Crippen molar-refractivity contribution in [1.82, 2.24) is 9.80 Å². The average molecular weight is 365 g/mol. The first-order chi connectivity index (χ1) is 12.0. The third-order valence-corrected chi connectivity index (χ3v) is 5.09. The Hall–Kier alpha value is -2.42. The van der Waals surface area contributed by atoms with Gasteiger partial charge in [0, 0.05) is 19.2 Å². The van der Waals surface area contributed by atoms with Gasteiger partial charge in [-0.2, -0.15) is 0 Å². The maximum absolute atomic E-state index is 12.5. The van der Waals surface area contributed by atoms with Crippen molar-refractivity contribution in [2.75, 3.05) is 38.4 Å². The number of methoxy groups -OCH3 is 2. The Bertz CT molecular complexity index is 695. The number of hydrogen-bond donors (Lipinski definition) is 1. The van der Waals surface area contributed by atoms with Crippen molar-refractivity contribution in [1.29, 1.82) is 0 Å². The molecule has 9 heteroatoms. The summed E-state index contributed by atoms with van der Waals surface area (Å²) >= 11 is 1.01. The first-order valence-corrected chi connectivity index (χ1v) is 8.79. The molecule has 1 N–H and O–H groups in total. The molecule has 134 valence electrons.